The Kier molecular flexibility index (Phi) is 13.3. The average Bonchev–Trinajstić information content (AvgIpc) is 2.80. The topological polar surface area (TPSA) is 146 Å². The van der Waals surface area contributed by atoms with Crippen LogP contribution in [0.1, 0.15) is 18.4 Å². The maximum atomic E-state index is 11.6. The van der Waals surface area contributed by atoms with E-state index in [-0.39, 0.29) is 32.0 Å². The first-order valence-corrected chi connectivity index (χ1v) is 12.7. The molecule has 1 aromatic rings. The van der Waals surface area contributed by atoms with Gasteiger partial charge >= 0.3 is 17.9 Å². The summed E-state index contributed by atoms with van der Waals surface area (Å²) < 4.78 is 0. The molecule has 1 saturated heterocycles. The van der Waals surface area contributed by atoms with E-state index in [4.69, 9.17) is 0 Å². The minimum Gasteiger partial charge on any atom is -0.481 e. The fourth-order valence-corrected chi connectivity index (χ4v) is 4.71. The molecule has 1 heterocycles. The van der Waals surface area contributed by atoms with Crippen LogP contribution in [0.15, 0.2) is 29.3 Å². The molecule has 2 rings (SSSR count). The summed E-state index contributed by atoms with van der Waals surface area (Å²) in [5.74, 6) is -2.72. The monoisotopic (exact) mass is 535 g/mol. The molecule has 4 N–H and O–H groups in total. The number of rotatable bonds is 9. The van der Waals surface area contributed by atoms with Gasteiger partial charge in [-0.25, -0.2) is 0 Å². The first-order chi connectivity index (χ1) is 17.6. The van der Waals surface area contributed by atoms with Crippen LogP contribution in [0.2, 0.25) is 0 Å². The third-order valence-corrected chi connectivity index (χ3v) is 6.36. The summed E-state index contributed by atoms with van der Waals surface area (Å²) in [6.45, 7) is 3.41. The van der Waals surface area contributed by atoms with E-state index in [9.17, 15) is 29.7 Å². The molecule has 0 bridgehead atoms. The number of benzene rings is 1. The van der Waals surface area contributed by atoms with Crippen LogP contribution >= 0.6 is 12.2 Å². The fraction of sp³-hybridized carbons (Fsp3) is 0.600. The maximum absolute atomic E-state index is 11.6. The Hall–Kier alpha value is -2.73. The van der Waals surface area contributed by atoms with Crippen LogP contribution in [0.5, 0.6) is 0 Å². The van der Waals surface area contributed by atoms with Crippen LogP contribution < -0.4 is 5.32 Å². The van der Waals surface area contributed by atoms with Gasteiger partial charge in [0.05, 0.1) is 30.4 Å². The van der Waals surface area contributed by atoms with Gasteiger partial charge in [-0.3, -0.25) is 24.2 Å². The van der Waals surface area contributed by atoms with E-state index in [1.807, 2.05) is 36.2 Å². The third kappa shape index (κ3) is 12.9. The summed E-state index contributed by atoms with van der Waals surface area (Å²) in [5, 5.41) is 33.9. The number of hydrogen-bond donors (Lipinski definition) is 4. The summed E-state index contributed by atoms with van der Waals surface area (Å²) >= 11 is 4.66. The summed E-state index contributed by atoms with van der Waals surface area (Å²) in [6.07, 6.45) is 1.18. The van der Waals surface area contributed by atoms with Crippen molar-refractivity contribution in [3.8, 4) is 0 Å². The Labute approximate surface area is 222 Å². The molecule has 0 saturated carbocycles. The highest BCUT2D eigenvalue weighted by atomic mass is 32.1. The highest BCUT2D eigenvalue weighted by Crippen LogP contribution is 2.16. The fourth-order valence-electron chi connectivity index (χ4n) is 4.60. The Bertz CT molecular complexity index is 940. The number of nitrogens with one attached hydrogen (secondary N) is 1. The summed E-state index contributed by atoms with van der Waals surface area (Å²) in [6, 6.07) is 7.27. The molecule has 0 spiro atoms. The Balaban J connectivity index is 2.24. The molecule has 12 heteroatoms. The number of carbonyl (C=O) groups is 3. The van der Waals surface area contributed by atoms with Crippen molar-refractivity contribution in [2.24, 2.45) is 10.9 Å². The second-order valence-corrected chi connectivity index (χ2v) is 9.74. The molecule has 1 aromatic carbocycles. The molecule has 37 heavy (non-hydrogen) atoms. The van der Waals surface area contributed by atoms with Gasteiger partial charge in [-0.05, 0) is 62.3 Å². The summed E-state index contributed by atoms with van der Waals surface area (Å²) in [5.41, 5.74) is 1.82. The van der Waals surface area contributed by atoms with Crippen LogP contribution in [0.3, 0.4) is 0 Å². The van der Waals surface area contributed by atoms with Gasteiger partial charge in [0.25, 0.3) is 0 Å². The van der Waals surface area contributed by atoms with Gasteiger partial charge in [-0.2, -0.15) is 4.99 Å². The van der Waals surface area contributed by atoms with Crippen molar-refractivity contribution in [1.82, 2.24) is 20.0 Å². The van der Waals surface area contributed by atoms with E-state index in [2.05, 4.69) is 32.6 Å². The van der Waals surface area contributed by atoms with Gasteiger partial charge in [-0.15, -0.1) is 0 Å². The zero-order valence-corrected chi connectivity index (χ0v) is 22.0. The lowest BCUT2D eigenvalue weighted by Gasteiger charge is -2.32. The van der Waals surface area contributed by atoms with Crippen molar-refractivity contribution in [1.29, 1.82) is 0 Å². The number of hydrogen-bond acceptors (Lipinski definition) is 9. The second kappa shape index (κ2) is 16.2. The van der Waals surface area contributed by atoms with E-state index >= 15 is 0 Å². The zero-order chi connectivity index (χ0) is 27.2. The summed E-state index contributed by atoms with van der Waals surface area (Å²) in [7, 11) is 2.00. The van der Waals surface area contributed by atoms with Crippen molar-refractivity contribution >= 4 is 41.0 Å². The van der Waals surface area contributed by atoms with Crippen LogP contribution in [0.25, 0.3) is 0 Å². The van der Waals surface area contributed by atoms with Gasteiger partial charge in [0.15, 0.2) is 0 Å². The van der Waals surface area contributed by atoms with E-state index in [0.29, 0.717) is 45.7 Å². The van der Waals surface area contributed by atoms with Crippen LogP contribution in [-0.4, -0.2) is 125 Å². The van der Waals surface area contributed by atoms with Crippen LogP contribution in [0, 0.1) is 5.92 Å². The molecule has 204 valence electrons. The minimum atomic E-state index is -0.987. The lowest BCUT2D eigenvalue weighted by Crippen LogP contribution is -2.48. The number of likely N-dealkylation sites (N-methyl/N-ethyl adjacent to an activating group) is 1. The lowest BCUT2D eigenvalue weighted by atomic mass is 9.97. The lowest BCUT2D eigenvalue weighted by molar-refractivity contribution is -0.139. The SMILES string of the molecule is CN1CCN(CC(=O)O)CCCN(CC(=O)O)CC(CC(=O)O)NCC(Cc2ccc(N=C=S)cc2)C1. The van der Waals surface area contributed by atoms with Crippen LogP contribution in [0.4, 0.5) is 5.69 Å². The number of carboxylic acid groups (broad SMARTS) is 3. The standard InChI is InChI=1S/C25H37N5O6S/c1-28-9-10-29(16-24(33)34)7-2-8-30(17-25(35)36)15-22(12-23(31)32)26-13-20(14-28)11-19-3-5-21(6-4-19)27-18-37/h3-6,20,22,26H,2,7-17H2,1H3,(H,31,32)(H,33,34)(H,35,36). The molecule has 0 aliphatic carbocycles. The number of nitrogens with zero attached hydrogens (tertiary/aromatic N) is 4. The van der Waals surface area contributed by atoms with Crippen molar-refractivity contribution in [3.63, 3.8) is 0 Å². The molecule has 2 atom stereocenters. The van der Waals surface area contributed by atoms with Crippen molar-refractivity contribution in [3.05, 3.63) is 29.8 Å². The van der Waals surface area contributed by atoms with Crippen molar-refractivity contribution in [2.45, 2.75) is 25.3 Å². The number of aliphatic carboxylic acids is 3. The first-order valence-electron chi connectivity index (χ1n) is 12.3. The Morgan fingerprint density at radius 1 is 0.973 bits per heavy atom. The molecule has 0 radical (unpaired) electrons. The van der Waals surface area contributed by atoms with Crippen molar-refractivity contribution in [2.75, 3.05) is 66.0 Å². The smallest absolute Gasteiger partial charge is 0.317 e. The van der Waals surface area contributed by atoms with Crippen molar-refractivity contribution < 1.29 is 29.7 Å². The molecular formula is C25H37N5O6S. The number of aliphatic imine (C=N–C) groups is 1. The Morgan fingerprint density at radius 3 is 2.24 bits per heavy atom. The van der Waals surface area contributed by atoms with Gasteiger partial charge in [0.2, 0.25) is 0 Å². The molecule has 1 fully saturated rings. The van der Waals surface area contributed by atoms with Gasteiger partial charge in [0, 0.05) is 45.3 Å². The summed E-state index contributed by atoms with van der Waals surface area (Å²) in [4.78, 5) is 44.1. The zero-order valence-electron chi connectivity index (χ0n) is 21.2. The van der Waals surface area contributed by atoms with Gasteiger partial charge in [0.1, 0.15) is 0 Å². The molecule has 0 amide bonds. The first kappa shape index (κ1) is 30.5. The minimum absolute atomic E-state index is 0.0874. The highest BCUT2D eigenvalue weighted by Gasteiger charge is 2.23. The highest BCUT2D eigenvalue weighted by molar-refractivity contribution is 7.78. The van der Waals surface area contributed by atoms with E-state index in [1.165, 1.54) is 0 Å². The molecule has 1 aliphatic rings. The largest absolute Gasteiger partial charge is 0.481 e. The van der Waals surface area contributed by atoms with Crippen LogP contribution in [-0.2, 0) is 20.8 Å². The quantitative estimate of drug-likeness (QED) is 0.266. The third-order valence-electron chi connectivity index (χ3n) is 6.26. The normalized spacial score (nSPS) is 21.4. The second-order valence-electron chi connectivity index (χ2n) is 9.56. The molecule has 1 aliphatic heterocycles. The number of thiocarbonyl (C=S) groups is 1. The van der Waals surface area contributed by atoms with E-state index in [1.54, 1.807) is 4.90 Å². The molecule has 0 aromatic heterocycles. The molecular weight excluding hydrogens is 498 g/mol. The van der Waals surface area contributed by atoms with Gasteiger partial charge in [-0.1, -0.05) is 12.1 Å². The van der Waals surface area contributed by atoms with E-state index in [0.717, 1.165) is 17.7 Å². The average molecular weight is 536 g/mol. The molecule has 2 unspecified atom stereocenters. The predicted octanol–water partition coefficient (Wildman–Crippen LogP) is 1.12. The molecule has 11 nitrogen and oxygen atoms in total. The predicted molar refractivity (Wildman–Crippen MR) is 143 cm³/mol. The van der Waals surface area contributed by atoms with Gasteiger partial charge < -0.3 is 25.5 Å². The number of carboxylic acids is 3. The number of isothiocyanates is 1. The van der Waals surface area contributed by atoms with E-state index < -0.39 is 23.9 Å². The Morgan fingerprint density at radius 2 is 1.62 bits per heavy atom. The maximum Gasteiger partial charge on any atom is 0.317 e.